The standard InChI is InChI=1S/C26H19N5O2S2/c1-16-9-11-18(12-10-16)31-23(17-6-3-2-4-7-17)29-30-26(31)35-15-21-27-24(32)22-19(14-34-25(22)28-21)20-8-5-13-33-20/h2-14H,15H2,1H3,(H,27,28,32). The lowest BCUT2D eigenvalue weighted by atomic mass is 10.2. The summed E-state index contributed by atoms with van der Waals surface area (Å²) < 4.78 is 7.52. The number of aromatic amines is 1. The van der Waals surface area contributed by atoms with Gasteiger partial charge in [-0.05, 0) is 31.2 Å². The number of hydrogen-bond donors (Lipinski definition) is 1. The summed E-state index contributed by atoms with van der Waals surface area (Å²) in [5.41, 5.74) is 3.71. The number of nitrogens with zero attached hydrogens (tertiary/aromatic N) is 4. The summed E-state index contributed by atoms with van der Waals surface area (Å²) in [6.45, 7) is 2.06. The van der Waals surface area contributed by atoms with Crippen LogP contribution >= 0.6 is 23.1 Å². The van der Waals surface area contributed by atoms with E-state index in [1.54, 1.807) is 12.3 Å². The lowest BCUT2D eigenvalue weighted by Gasteiger charge is -2.10. The van der Waals surface area contributed by atoms with Crippen LogP contribution in [0.15, 0.2) is 92.7 Å². The molecule has 0 aliphatic carbocycles. The molecule has 0 amide bonds. The van der Waals surface area contributed by atoms with Gasteiger partial charge in [0.25, 0.3) is 5.56 Å². The Morgan fingerprint density at radius 3 is 2.63 bits per heavy atom. The number of benzene rings is 2. The zero-order chi connectivity index (χ0) is 23.8. The van der Waals surface area contributed by atoms with Crippen LogP contribution in [-0.2, 0) is 5.75 Å². The van der Waals surface area contributed by atoms with Gasteiger partial charge in [-0.2, -0.15) is 0 Å². The van der Waals surface area contributed by atoms with Crippen LogP contribution in [0.3, 0.4) is 0 Å². The quantitative estimate of drug-likeness (QED) is 0.280. The Bertz CT molecular complexity index is 1670. The fourth-order valence-corrected chi connectivity index (χ4v) is 5.64. The van der Waals surface area contributed by atoms with Crippen LogP contribution in [0.2, 0.25) is 0 Å². The molecule has 35 heavy (non-hydrogen) atoms. The van der Waals surface area contributed by atoms with E-state index in [-0.39, 0.29) is 5.56 Å². The summed E-state index contributed by atoms with van der Waals surface area (Å²) in [4.78, 5) is 21.2. The van der Waals surface area contributed by atoms with Crippen molar-refractivity contribution in [1.82, 2.24) is 24.7 Å². The second-order valence-electron chi connectivity index (χ2n) is 7.95. The molecular formula is C26H19N5O2S2. The lowest BCUT2D eigenvalue weighted by molar-refractivity contribution is 0.583. The van der Waals surface area contributed by atoms with Crippen LogP contribution in [0.4, 0.5) is 0 Å². The highest BCUT2D eigenvalue weighted by molar-refractivity contribution is 7.98. The van der Waals surface area contributed by atoms with Crippen LogP contribution in [0, 0.1) is 6.92 Å². The molecule has 0 radical (unpaired) electrons. The average molecular weight is 498 g/mol. The number of thioether (sulfide) groups is 1. The molecule has 6 aromatic rings. The predicted octanol–water partition coefficient (Wildman–Crippen LogP) is 6.09. The first-order valence-electron chi connectivity index (χ1n) is 10.9. The summed E-state index contributed by atoms with van der Waals surface area (Å²) in [6.07, 6.45) is 1.60. The Kier molecular flexibility index (Phi) is 5.55. The molecule has 0 saturated carbocycles. The van der Waals surface area contributed by atoms with Crippen molar-refractivity contribution in [3.8, 4) is 28.4 Å². The van der Waals surface area contributed by atoms with Crippen LogP contribution in [0.25, 0.3) is 38.6 Å². The Morgan fingerprint density at radius 1 is 1.03 bits per heavy atom. The first-order valence-corrected chi connectivity index (χ1v) is 12.8. The first-order chi connectivity index (χ1) is 17.2. The monoisotopic (exact) mass is 497 g/mol. The van der Waals surface area contributed by atoms with E-state index in [9.17, 15) is 4.79 Å². The third-order valence-corrected chi connectivity index (χ3v) is 7.39. The number of aromatic nitrogens is 5. The number of nitrogens with one attached hydrogen (secondary N) is 1. The number of rotatable bonds is 6. The van der Waals surface area contributed by atoms with Crippen molar-refractivity contribution in [2.45, 2.75) is 17.8 Å². The fraction of sp³-hybridized carbons (Fsp3) is 0.0769. The summed E-state index contributed by atoms with van der Waals surface area (Å²) in [7, 11) is 0. The molecule has 0 aliphatic rings. The van der Waals surface area contributed by atoms with Crippen molar-refractivity contribution < 1.29 is 4.42 Å². The van der Waals surface area contributed by atoms with Gasteiger partial charge in [0.2, 0.25) is 0 Å². The number of aryl methyl sites for hydroxylation is 1. The maximum absolute atomic E-state index is 12.9. The molecule has 0 atom stereocenters. The van der Waals surface area contributed by atoms with Crippen LogP contribution in [0.1, 0.15) is 11.4 Å². The average Bonchev–Trinajstić information content (AvgIpc) is 3.63. The van der Waals surface area contributed by atoms with Crippen molar-refractivity contribution >= 4 is 33.3 Å². The Morgan fingerprint density at radius 2 is 1.86 bits per heavy atom. The largest absolute Gasteiger partial charge is 0.464 e. The smallest absolute Gasteiger partial charge is 0.260 e. The number of furan rings is 1. The molecule has 0 fully saturated rings. The predicted molar refractivity (Wildman–Crippen MR) is 139 cm³/mol. The highest BCUT2D eigenvalue weighted by atomic mass is 32.2. The highest BCUT2D eigenvalue weighted by Gasteiger charge is 2.18. The van der Waals surface area contributed by atoms with E-state index < -0.39 is 0 Å². The van der Waals surface area contributed by atoms with Gasteiger partial charge >= 0.3 is 0 Å². The molecule has 0 bridgehead atoms. The third kappa shape index (κ3) is 4.09. The fourth-order valence-electron chi connectivity index (χ4n) is 3.87. The van der Waals surface area contributed by atoms with Gasteiger partial charge < -0.3 is 9.40 Å². The molecule has 0 spiro atoms. The molecule has 7 nitrogen and oxygen atoms in total. The molecular weight excluding hydrogens is 478 g/mol. The zero-order valence-corrected chi connectivity index (χ0v) is 20.3. The Hall–Kier alpha value is -3.95. The molecule has 0 aliphatic heterocycles. The second kappa shape index (κ2) is 9.01. The minimum Gasteiger partial charge on any atom is -0.464 e. The summed E-state index contributed by atoms with van der Waals surface area (Å²) in [5.74, 6) is 2.44. The SMILES string of the molecule is Cc1ccc(-n2c(SCc3nc4scc(-c5ccco5)c4c(=O)[nH]3)nnc2-c2ccccc2)cc1. The van der Waals surface area contributed by atoms with Crippen LogP contribution in [0.5, 0.6) is 0 Å². The van der Waals surface area contributed by atoms with Gasteiger partial charge in [-0.3, -0.25) is 9.36 Å². The van der Waals surface area contributed by atoms with Gasteiger partial charge in [0.1, 0.15) is 16.4 Å². The normalized spacial score (nSPS) is 11.3. The van der Waals surface area contributed by atoms with Crippen LogP contribution < -0.4 is 5.56 Å². The van der Waals surface area contributed by atoms with E-state index in [2.05, 4.69) is 46.4 Å². The summed E-state index contributed by atoms with van der Waals surface area (Å²) in [6, 6.07) is 21.9. The molecule has 0 unspecified atom stereocenters. The van der Waals surface area contributed by atoms with Crippen molar-refractivity contribution in [1.29, 1.82) is 0 Å². The molecule has 4 aromatic heterocycles. The minimum atomic E-state index is -0.178. The maximum Gasteiger partial charge on any atom is 0.260 e. The molecule has 0 saturated heterocycles. The summed E-state index contributed by atoms with van der Waals surface area (Å²) >= 11 is 2.91. The van der Waals surface area contributed by atoms with Gasteiger partial charge in [0, 0.05) is 22.2 Å². The molecule has 9 heteroatoms. The van der Waals surface area contributed by atoms with Gasteiger partial charge in [-0.25, -0.2) is 4.98 Å². The number of thiophene rings is 1. The van der Waals surface area contributed by atoms with E-state index in [4.69, 9.17) is 9.40 Å². The van der Waals surface area contributed by atoms with Gasteiger partial charge in [0.05, 0.1) is 17.4 Å². The number of hydrogen-bond acceptors (Lipinski definition) is 7. The van der Waals surface area contributed by atoms with Gasteiger partial charge in [0.15, 0.2) is 11.0 Å². The Labute approximate surface area is 208 Å². The van der Waals surface area contributed by atoms with E-state index >= 15 is 0 Å². The highest BCUT2D eigenvalue weighted by Crippen LogP contribution is 2.32. The Balaban J connectivity index is 1.35. The number of fused-ring (bicyclic) bond motifs is 1. The third-order valence-electron chi connectivity index (χ3n) is 5.58. The van der Waals surface area contributed by atoms with Crippen molar-refractivity contribution in [3.63, 3.8) is 0 Å². The van der Waals surface area contributed by atoms with E-state index in [1.165, 1.54) is 28.7 Å². The minimum absolute atomic E-state index is 0.178. The van der Waals surface area contributed by atoms with Crippen molar-refractivity contribution in [2.75, 3.05) is 0 Å². The van der Waals surface area contributed by atoms with E-state index in [0.29, 0.717) is 27.6 Å². The lowest BCUT2D eigenvalue weighted by Crippen LogP contribution is -2.11. The van der Waals surface area contributed by atoms with Gasteiger partial charge in [-0.1, -0.05) is 59.8 Å². The molecule has 1 N–H and O–H groups in total. The molecule has 172 valence electrons. The molecule has 2 aromatic carbocycles. The number of H-pyrrole nitrogens is 1. The zero-order valence-electron chi connectivity index (χ0n) is 18.6. The maximum atomic E-state index is 12.9. The van der Waals surface area contributed by atoms with Crippen molar-refractivity contribution in [2.24, 2.45) is 0 Å². The van der Waals surface area contributed by atoms with Crippen molar-refractivity contribution in [3.05, 3.63) is 100 Å². The van der Waals surface area contributed by atoms with Crippen LogP contribution in [-0.4, -0.2) is 24.7 Å². The molecule has 4 heterocycles. The summed E-state index contributed by atoms with van der Waals surface area (Å²) in [5, 5.41) is 12.1. The second-order valence-corrected chi connectivity index (χ2v) is 9.75. The van der Waals surface area contributed by atoms with E-state index in [1.807, 2.05) is 46.3 Å². The molecule has 6 rings (SSSR count). The van der Waals surface area contributed by atoms with E-state index in [0.717, 1.165) is 27.8 Å². The van der Waals surface area contributed by atoms with Gasteiger partial charge in [-0.15, -0.1) is 21.5 Å². The first kappa shape index (κ1) is 21.6. The topological polar surface area (TPSA) is 89.6 Å².